The van der Waals surface area contributed by atoms with E-state index >= 15 is 0 Å². The van der Waals surface area contributed by atoms with Crippen molar-refractivity contribution in [3.8, 4) is 0 Å². The van der Waals surface area contributed by atoms with Crippen LogP contribution in [0.2, 0.25) is 0 Å². The molecule has 4 nitrogen and oxygen atoms in total. The van der Waals surface area contributed by atoms with E-state index in [1.165, 1.54) is 34.0 Å². The van der Waals surface area contributed by atoms with E-state index in [4.69, 9.17) is 0 Å². The molecular weight excluding hydrogens is 362 g/mol. The van der Waals surface area contributed by atoms with Crippen molar-refractivity contribution in [1.82, 2.24) is 9.97 Å². The van der Waals surface area contributed by atoms with Crippen molar-refractivity contribution in [2.24, 2.45) is 0 Å². The zero-order valence-corrected chi connectivity index (χ0v) is 16.5. The van der Waals surface area contributed by atoms with Crippen molar-refractivity contribution < 1.29 is 4.79 Å². The number of benzene rings is 1. The maximum atomic E-state index is 12.5. The maximum Gasteiger partial charge on any atom is 0.234 e. The number of amides is 1. The Morgan fingerprint density at radius 3 is 2.96 bits per heavy atom. The van der Waals surface area contributed by atoms with Gasteiger partial charge in [0.2, 0.25) is 5.91 Å². The summed E-state index contributed by atoms with van der Waals surface area (Å²) in [5.74, 6) is 0.721. The average Bonchev–Trinajstić information content (AvgIpc) is 3.21. The molecule has 2 aromatic heterocycles. The Bertz CT molecular complexity index is 965. The van der Waals surface area contributed by atoms with Gasteiger partial charge in [-0.05, 0) is 42.4 Å². The molecule has 0 fully saturated rings. The third-order valence-electron chi connectivity index (χ3n) is 4.66. The Morgan fingerprint density at radius 1 is 1.27 bits per heavy atom. The number of nitrogens with zero attached hydrogens (tertiary/aromatic N) is 2. The molecule has 0 atom stereocenters. The highest BCUT2D eigenvalue weighted by Gasteiger charge is 2.21. The average molecular weight is 384 g/mol. The summed E-state index contributed by atoms with van der Waals surface area (Å²) in [5, 5.41) is 5.16. The van der Waals surface area contributed by atoms with E-state index in [0.29, 0.717) is 11.7 Å². The van der Waals surface area contributed by atoms with Crippen molar-refractivity contribution in [2.75, 3.05) is 11.1 Å². The number of carbonyl (C=O) groups excluding carboxylic acids is 1. The van der Waals surface area contributed by atoms with Gasteiger partial charge in [0.05, 0.1) is 5.75 Å². The third-order valence-corrected chi connectivity index (χ3v) is 6.85. The second kappa shape index (κ2) is 7.37. The van der Waals surface area contributed by atoms with Crippen LogP contribution in [-0.2, 0) is 17.6 Å². The quantitative estimate of drug-likeness (QED) is 0.496. The number of carbonyl (C=O) groups is 1. The molecule has 0 bridgehead atoms. The van der Waals surface area contributed by atoms with Crippen LogP contribution in [0, 0.1) is 0 Å². The van der Waals surface area contributed by atoms with E-state index in [-0.39, 0.29) is 5.91 Å². The highest BCUT2D eigenvalue weighted by atomic mass is 32.2. The van der Waals surface area contributed by atoms with Crippen LogP contribution in [0.3, 0.4) is 0 Å². The van der Waals surface area contributed by atoms with Crippen LogP contribution in [0.5, 0.6) is 0 Å². The number of rotatable bonds is 5. The first-order valence-corrected chi connectivity index (χ1v) is 10.7. The van der Waals surface area contributed by atoms with Gasteiger partial charge in [0.1, 0.15) is 16.2 Å². The molecule has 0 spiro atoms. The van der Waals surface area contributed by atoms with Crippen LogP contribution in [0.15, 0.2) is 35.6 Å². The van der Waals surface area contributed by atoms with E-state index < -0.39 is 0 Å². The van der Waals surface area contributed by atoms with Gasteiger partial charge < -0.3 is 5.32 Å². The lowest BCUT2D eigenvalue weighted by Crippen LogP contribution is -2.15. The fourth-order valence-corrected chi connectivity index (χ4v) is 5.56. The summed E-state index contributed by atoms with van der Waals surface area (Å²) in [7, 11) is 0. The van der Waals surface area contributed by atoms with Gasteiger partial charge in [-0.25, -0.2) is 9.97 Å². The van der Waals surface area contributed by atoms with Crippen molar-refractivity contribution in [3.63, 3.8) is 0 Å². The summed E-state index contributed by atoms with van der Waals surface area (Å²) in [5.41, 5.74) is 3.46. The third kappa shape index (κ3) is 3.35. The summed E-state index contributed by atoms with van der Waals surface area (Å²) in [6.07, 6.45) is 5.07. The second-order valence-corrected chi connectivity index (χ2v) is 8.84. The molecule has 0 aliphatic heterocycles. The van der Waals surface area contributed by atoms with E-state index in [1.807, 2.05) is 18.2 Å². The fourth-order valence-electron chi connectivity index (χ4n) is 3.44. The van der Waals surface area contributed by atoms with Gasteiger partial charge in [-0.2, -0.15) is 0 Å². The number of hydrogen-bond donors (Lipinski definition) is 1. The molecule has 1 aliphatic rings. The maximum absolute atomic E-state index is 12.5. The smallest absolute Gasteiger partial charge is 0.234 e. The van der Waals surface area contributed by atoms with E-state index in [1.54, 1.807) is 17.7 Å². The summed E-state index contributed by atoms with van der Waals surface area (Å²) in [6, 6.07) is 7.99. The molecule has 134 valence electrons. The lowest BCUT2D eigenvalue weighted by atomic mass is 10.0. The number of thiophene rings is 1. The molecule has 1 aromatic carbocycles. The number of fused-ring (bicyclic) bond motifs is 3. The van der Waals surface area contributed by atoms with Crippen LogP contribution in [0.25, 0.3) is 10.2 Å². The summed E-state index contributed by atoms with van der Waals surface area (Å²) in [4.78, 5) is 23.9. The number of aryl methyl sites for hydroxylation is 2. The standard InChI is InChI=1S/C20H21N3OS2/c1-12(2)13-6-3-4-8-15(13)23-17(24)10-25-19-18-14-7-5-9-16(14)26-20(18)22-11-21-19/h3-4,6,8,11-12H,5,7,9-10H2,1-2H3,(H,23,24). The van der Waals surface area contributed by atoms with E-state index in [0.717, 1.165) is 33.9 Å². The van der Waals surface area contributed by atoms with Crippen molar-refractivity contribution in [3.05, 3.63) is 46.6 Å². The SMILES string of the molecule is CC(C)c1ccccc1NC(=O)CSc1ncnc2sc3c(c12)CCC3. The Hall–Kier alpha value is -1.92. The van der Waals surface area contributed by atoms with Crippen LogP contribution < -0.4 is 5.32 Å². The predicted octanol–water partition coefficient (Wildman–Crippen LogP) is 5.03. The number of thioether (sulfide) groups is 1. The molecule has 0 radical (unpaired) electrons. The molecule has 6 heteroatoms. The monoisotopic (exact) mass is 383 g/mol. The zero-order valence-electron chi connectivity index (χ0n) is 14.9. The molecule has 0 saturated heterocycles. The Balaban J connectivity index is 1.50. The first-order chi connectivity index (χ1) is 12.6. The molecule has 0 saturated carbocycles. The minimum Gasteiger partial charge on any atom is -0.325 e. The van der Waals surface area contributed by atoms with Crippen LogP contribution in [-0.4, -0.2) is 21.6 Å². The summed E-state index contributed by atoms with van der Waals surface area (Å²) >= 11 is 3.28. The molecule has 1 N–H and O–H groups in total. The van der Waals surface area contributed by atoms with Crippen LogP contribution in [0.4, 0.5) is 5.69 Å². The minimum atomic E-state index is 0.00161. The first-order valence-electron chi connectivity index (χ1n) is 8.90. The number of anilines is 1. The Kier molecular flexibility index (Phi) is 4.96. The molecule has 26 heavy (non-hydrogen) atoms. The second-order valence-electron chi connectivity index (χ2n) is 6.80. The van der Waals surface area contributed by atoms with Crippen LogP contribution in [0.1, 0.15) is 42.2 Å². The van der Waals surface area contributed by atoms with E-state index in [9.17, 15) is 4.79 Å². The zero-order chi connectivity index (χ0) is 18.1. The highest BCUT2D eigenvalue weighted by Crippen LogP contribution is 2.40. The van der Waals surface area contributed by atoms with Gasteiger partial charge in [-0.1, -0.05) is 43.8 Å². The molecule has 1 aliphatic carbocycles. The van der Waals surface area contributed by atoms with Gasteiger partial charge in [0, 0.05) is 16.0 Å². The fraction of sp³-hybridized carbons (Fsp3) is 0.350. The molecule has 1 amide bonds. The normalized spacial score (nSPS) is 13.3. The van der Waals surface area contributed by atoms with E-state index in [2.05, 4.69) is 35.2 Å². The summed E-state index contributed by atoms with van der Waals surface area (Å²) < 4.78 is 0. The molecule has 4 rings (SSSR count). The summed E-state index contributed by atoms with van der Waals surface area (Å²) in [6.45, 7) is 4.27. The van der Waals surface area contributed by atoms with Gasteiger partial charge in [0.25, 0.3) is 0 Å². The lowest BCUT2D eigenvalue weighted by molar-refractivity contribution is -0.113. The molecule has 3 aromatic rings. The van der Waals surface area contributed by atoms with Gasteiger partial charge in [0.15, 0.2) is 0 Å². The number of para-hydroxylation sites is 1. The molecule has 2 heterocycles. The van der Waals surface area contributed by atoms with Crippen molar-refractivity contribution >= 4 is 44.9 Å². The largest absolute Gasteiger partial charge is 0.325 e. The number of aromatic nitrogens is 2. The Morgan fingerprint density at radius 2 is 2.12 bits per heavy atom. The van der Waals surface area contributed by atoms with Gasteiger partial charge in [-0.15, -0.1) is 11.3 Å². The van der Waals surface area contributed by atoms with Gasteiger partial charge >= 0.3 is 0 Å². The van der Waals surface area contributed by atoms with Crippen molar-refractivity contribution in [1.29, 1.82) is 0 Å². The van der Waals surface area contributed by atoms with Crippen LogP contribution >= 0.6 is 23.1 Å². The molecule has 0 unspecified atom stereocenters. The topological polar surface area (TPSA) is 54.9 Å². The highest BCUT2D eigenvalue weighted by molar-refractivity contribution is 8.00. The number of nitrogens with one attached hydrogen (secondary N) is 1. The minimum absolute atomic E-state index is 0.00161. The number of hydrogen-bond acceptors (Lipinski definition) is 5. The van der Waals surface area contributed by atoms with Crippen molar-refractivity contribution in [2.45, 2.75) is 44.1 Å². The predicted molar refractivity (Wildman–Crippen MR) is 109 cm³/mol. The lowest BCUT2D eigenvalue weighted by Gasteiger charge is -2.13. The van der Waals surface area contributed by atoms with Gasteiger partial charge in [-0.3, -0.25) is 4.79 Å². The molecular formula is C20H21N3OS2. The Labute approximate surface area is 161 Å². The first kappa shape index (κ1) is 17.5.